The summed E-state index contributed by atoms with van der Waals surface area (Å²) in [6.45, 7) is 20.3. The molecule has 0 spiro atoms. The van der Waals surface area contributed by atoms with Crippen LogP contribution in [0.5, 0.6) is 11.5 Å². The maximum atomic E-state index is 11.3. The highest BCUT2D eigenvalue weighted by Crippen LogP contribution is 2.39. The van der Waals surface area contributed by atoms with E-state index >= 15 is 0 Å². The third kappa shape index (κ3) is 6.27. The number of aryl methyl sites for hydroxylation is 2. The molecule has 1 unspecified atom stereocenters. The highest BCUT2D eigenvalue weighted by Gasteiger charge is 2.26. The fourth-order valence-corrected chi connectivity index (χ4v) is 4.80. The van der Waals surface area contributed by atoms with Crippen LogP contribution in [0.4, 0.5) is 0 Å². The molecule has 35 heavy (non-hydrogen) atoms. The van der Waals surface area contributed by atoms with Crippen LogP contribution in [0.25, 0.3) is 0 Å². The Labute approximate surface area is 212 Å². The third-order valence-electron chi connectivity index (χ3n) is 6.86. The number of rotatable bonds is 6. The average molecular weight is 474 g/mol. The van der Waals surface area contributed by atoms with Gasteiger partial charge in [-0.2, -0.15) is 0 Å². The Morgan fingerprint density at radius 2 is 1.09 bits per heavy atom. The molecule has 0 amide bonds. The highest BCUT2D eigenvalue weighted by molar-refractivity contribution is 5.48. The Morgan fingerprint density at radius 3 is 1.46 bits per heavy atom. The first-order valence-electron chi connectivity index (χ1n) is 12.6. The fraction of sp³-hybridized carbons (Fsp3) is 0.438. The van der Waals surface area contributed by atoms with Crippen LogP contribution in [0, 0.1) is 13.8 Å². The summed E-state index contributed by atoms with van der Waals surface area (Å²) in [5.41, 5.74) is 6.95. The van der Waals surface area contributed by atoms with Gasteiger partial charge < -0.3 is 10.2 Å². The van der Waals surface area contributed by atoms with Crippen molar-refractivity contribution >= 4 is 0 Å². The van der Waals surface area contributed by atoms with E-state index < -0.39 is 0 Å². The monoisotopic (exact) mass is 473 g/mol. The first kappa shape index (κ1) is 26.8. The van der Waals surface area contributed by atoms with Crippen molar-refractivity contribution in [3.63, 3.8) is 0 Å². The lowest BCUT2D eigenvalue weighted by atomic mass is 9.83. The molecule has 0 bridgehead atoms. The number of hydrogen-bond acceptors (Lipinski definition) is 3. The molecule has 3 rings (SSSR count). The molecule has 3 aromatic rings. The zero-order chi connectivity index (χ0) is 26.1. The molecular formula is C32H43NO2. The van der Waals surface area contributed by atoms with Crippen LogP contribution < -0.4 is 0 Å². The van der Waals surface area contributed by atoms with E-state index in [-0.39, 0.29) is 16.9 Å². The Morgan fingerprint density at radius 1 is 0.686 bits per heavy atom. The predicted molar refractivity (Wildman–Crippen MR) is 147 cm³/mol. The molecule has 3 heteroatoms. The van der Waals surface area contributed by atoms with Crippen molar-refractivity contribution < 1.29 is 10.2 Å². The Bertz CT molecular complexity index is 1100. The van der Waals surface area contributed by atoms with E-state index in [4.69, 9.17) is 0 Å². The normalized spacial score (nSPS) is 13.3. The van der Waals surface area contributed by atoms with Gasteiger partial charge in [0.15, 0.2) is 0 Å². The summed E-state index contributed by atoms with van der Waals surface area (Å²) in [4.78, 5) is 2.34. The lowest BCUT2D eigenvalue weighted by Crippen LogP contribution is -2.27. The van der Waals surface area contributed by atoms with Crippen LogP contribution in [0.1, 0.15) is 93.5 Å². The largest absolute Gasteiger partial charge is 0.507 e. The van der Waals surface area contributed by atoms with Gasteiger partial charge in [0.25, 0.3) is 0 Å². The van der Waals surface area contributed by atoms with Crippen molar-refractivity contribution in [1.82, 2.24) is 4.90 Å². The van der Waals surface area contributed by atoms with Crippen molar-refractivity contribution in [2.75, 3.05) is 0 Å². The summed E-state index contributed by atoms with van der Waals surface area (Å²) >= 11 is 0. The molecule has 1 atom stereocenters. The number of nitrogens with zero attached hydrogens (tertiary/aromatic N) is 1. The molecule has 0 radical (unpaired) electrons. The minimum atomic E-state index is -0.156. The summed E-state index contributed by atoms with van der Waals surface area (Å²) in [6, 6.07) is 18.9. The summed E-state index contributed by atoms with van der Waals surface area (Å²) in [5, 5.41) is 22.6. The van der Waals surface area contributed by atoms with Crippen LogP contribution in [-0.4, -0.2) is 15.1 Å². The van der Waals surface area contributed by atoms with Crippen molar-refractivity contribution in [1.29, 1.82) is 0 Å². The minimum Gasteiger partial charge on any atom is -0.507 e. The number of phenolic OH excluding ortho intramolecular Hbond substituents is 2. The molecule has 188 valence electrons. The molecule has 0 aliphatic rings. The fourth-order valence-electron chi connectivity index (χ4n) is 4.80. The van der Waals surface area contributed by atoms with Crippen LogP contribution >= 0.6 is 0 Å². The maximum Gasteiger partial charge on any atom is 0.123 e. The van der Waals surface area contributed by atoms with Crippen molar-refractivity contribution in [3.05, 3.63) is 93.5 Å². The van der Waals surface area contributed by atoms with Gasteiger partial charge in [0, 0.05) is 30.3 Å². The van der Waals surface area contributed by atoms with Crippen LogP contribution in [0.15, 0.2) is 54.6 Å². The molecule has 0 heterocycles. The molecule has 3 nitrogen and oxygen atoms in total. The van der Waals surface area contributed by atoms with Gasteiger partial charge in [0.2, 0.25) is 0 Å². The van der Waals surface area contributed by atoms with Crippen molar-refractivity contribution in [2.24, 2.45) is 0 Å². The number of phenols is 2. The summed E-state index contributed by atoms with van der Waals surface area (Å²) in [6.07, 6.45) is 0. The molecule has 0 aliphatic carbocycles. The van der Waals surface area contributed by atoms with E-state index in [1.165, 1.54) is 5.56 Å². The smallest absolute Gasteiger partial charge is 0.123 e. The zero-order valence-corrected chi connectivity index (χ0v) is 23.0. The Hall–Kier alpha value is -2.78. The van der Waals surface area contributed by atoms with Crippen LogP contribution in [0.2, 0.25) is 0 Å². The van der Waals surface area contributed by atoms with Crippen LogP contribution in [0.3, 0.4) is 0 Å². The second kappa shape index (κ2) is 10.1. The van der Waals surface area contributed by atoms with E-state index in [1.807, 2.05) is 6.07 Å². The minimum absolute atomic E-state index is 0.0900. The van der Waals surface area contributed by atoms with E-state index in [1.54, 1.807) is 0 Å². The molecule has 0 saturated heterocycles. The topological polar surface area (TPSA) is 43.7 Å². The molecular weight excluding hydrogens is 430 g/mol. The van der Waals surface area contributed by atoms with E-state index in [0.29, 0.717) is 24.6 Å². The predicted octanol–water partition coefficient (Wildman–Crippen LogP) is 8.07. The van der Waals surface area contributed by atoms with E-state index in [0.717, 1.165) is 33.4 Å². The highest BCUT2D eigenvalue weighted by atomic mass is 16.3. The Kier molecular flexibility index (Phi) is 7.71. The van der Waals surface area contributed by atoms with Crippen molar-refractivity contribution in [3.8, 4) is 11.5 Å². The number of aromatic hydroxyl groups is 2. The number of hydrogen-bond donors (Lipinski definition) is 2. The first-order valence-corrected chi connectivity index (χ1v) is 12.6. The standard InChI is InChI=1S/C32H43NO2/c1-21-15-25(29(34)27(17-21)31(4,5)6)19-33(23(3)24-13-11-10-12-14-24)20-26-16-22(2)18-28(30(26)35)32(7,8)9/h10-18,23,34-35H,19-20H2,1-9H3. The summed E-state index contributed by atoms with van der Waals surface area (Å²) in [7, 11) is 0. The van der Waals surface area contributed by atoms with Gasteiger partial charge >= 0.3 is 0 Å². The van der Waals surface area contributed by atoms with Crippen molar-refractivity contribution in [2.45, 2.75) is 92.3 Å². The van der Waals surface area contributed by atoms with Gasteiger partial charge in [0.05, 0.1) is 0 Å². The summed E-state index contributed by atoms with van der Waals surface area (Å²) in [5.74, 6) is 0.745. The van der Waals surface area contributed by atoms with Crippen LogP contribution in [-0.2, 0) is 23.9 Å². The molecule has 3 aromatic carbocycles. The zero-order valence-electron chi connectivity index (χ0n) is 23.0. The van der Waals surface area contributed by atoms with E-state index in [9.17, 15) is 10.2 Å². The lowest BCUT2D eigenvalue weighted by molar-refractivity contribution is 0.187. The first-order chi connectivity index (χ1) is 16.2. The second-order valence-electron chi connectivity index (χ2n) is 12.1. The van der Waals surface area contributed by atoms with Gasteiger partial charge in [0.1, 0.15) is 11.5 Å². The van der Waals surface area contributed by atoms with Gasteiger partial charge in [-0.05, 0) is 48.3 Å². The Balaban J connectivity index is 2.10. The van der Waals surface area contributed by atoms with E-state index in [2.05, 4.69) is 116 Å². The van der Waals surface area contributed by atoms with Gasteiger partial charge in [-0.3, -0.25) is 4.90 Å². The molecule has 0 aromatic heterocycles. The molecule has 0 aliphatic heterocycles. The average Bonchev–Trinajstić information content (AvgIpc) is 2.76. The summed E-state index contributed by atoms with van der Waals surface area (Å²) < 4.78 is 0. The quantitative estimate of drug-likeness (QED) is 0.380. The SMILES string of the molecule is Cc1cc(CN(Cc2cc(C)cc(C(C)(C)C)c2O)C(C)c2ccccc2)c(O)c(C(C)(C)C)c1. The maximum absolute atomic E-state index is 11.3. The second-order valence-corrected chi connectivity index (χ2v) is 12.1. The molecule has 0 fully saturated rings. The van der Waals surface area contributed by atoms with Gasteiger partial charge in [-0.1, -0.05) is 107 Å². The third-order valence-corrected chi connectivity index (χ3v) is 6.86. The molecule has 2 N–H and O–H groups in total. The van der Waals surface area contributed by atoms with Gasteiger partial charge in [-0.25, -0.2) is 0 Å². The lowest BCUT2D eigenvalue weighted by Gasteiger charge is -2.32. The molecule has 0 saturated carbocycles. The van der Waals surface area contributed by atoms with Gasteiger partial charge in [-0.15, -0.1) is 0 Å². The number of benzene rings is 3.